The van der Waals surface area contributed by atoms with E-state index in [1.807, 2.05) is 84.9 Å². The van der Waals surface area contributed by atoms with Crippen molar-refractivity contribution in [3.05, 3.63) is 96.1 Å². The van der Waals surface area contributed by atoms with Crippen molar-refractivity contribution in [3.63, 3.8) is 0 Å². The molecule has 0 bridgehead atoms. The zero-order valence-corrected chi connectivity index (χ0v) is 15.6. The topological polar surface area (TPSA) is 40.5 Å². The number of fused-ring (bicyclic) bond motifs is 2. The lowest BCUT2D eigenvalue weighted by Crippen LogP contribution is -2.48. The number of hydrogen-bond donors (Lipinski definition) is 2. The van der Waals surface area contributed by atoms with E-state index in [9.17, 15) is 10.2 Å². The molecule has 1 fully saturated rings. The molecule has 2 N–H and O–H groups in total. The summed E-state index contributed by atoms with van der Waals surface area (Å²) in [5.74, 6) is 0.930. The zero-order valence-electron chi connectivity index (χ0n) is 14.8. The second-order valence-electron chi connectivity index (χ2n) is 7.27. The van der Waals surface area contributed by atoms with Crippen molar-refractivity contribution in [1.29, 1.82) is 0 Å². The van der Waals surface area contributed by atoms with Gasteiger partial charge in [-0.1, -0.05) is 84.9 Å². The third-order valence-corrected chi connectivity index (χ3v) is 7.02. The maximum absolute atomic E-state index is 11.9. The Morgan fingerprint density at radius 1 is 0.556 bits per heavy atom. The second-order valence-corrected chi connectivity index (χ2v) is 8.25. The quantitative estimate of drug-likeness (QED) is 0.535. The molecule has 1 aliphatic heterocycles. The predicted molar refractivity (Wildman–Crippen MR) is 111 cm³/mol. The minimum atomic E-state index is -1.34. The Labute approximate surface area is 163 Å². The van der Waals surface area contributed by atoms with E-state index in [0.29, 0.717) is 11.5 Å². The molecule has 0 spiro atoms. The first-order chi connectivity index (χ1) is 13.1. The van der Waals surface area contributed by atoms with Gasteiger partial charge in [0.15, 0.2) is 0 Å². The van der Waals surface area contributed by atoms with Gasteiger partial charge >= 0.3 is 0 Å². The molecule has 0 aromatic rings. The van der Waals surface area contributed by atoms with Crippen LogP contribution in [0.1, 0.15) is 11.1 Å². The smallest absolute Gasteiger partial charge is 0.133 e. The minimum absolute atomic E-state index is 0.465. The van der Waals surface area contributed by atoms with Gasteiger partial charge in [-0.15, -0.1) is 0 Å². The van der Waals surface area contributed by atoms with Gasteiger partial charge in [-0.25, -0.2) is 0 Å². The van der Waals surface area contributed by atoms with E-state index < -0.39 is 11.2 Å². The van der Waals surface area contributed by atoms with Crippen LogP contribution in [0, 0.1) is 0 Å². The molecule has 0 aromatic heterocycles. The average Bonchev–Trinajstić information content (AvgIpc) is 3.21. The predicted octanol–water partition coefficient (Wildman–Crippen LogP) is 4.72. The van der Waals surface area contributed by atoms with E-state index in [1.54, 1.807) is 11.8 Å². The fraction of sp³-hybridized carbons (Fsp3) is 0.167. The van der Waals surface area contributed by atoms with Gasteiger partial charge < -0.3 is 10.2 Å². The largest absolute Gasteiger partial charge is 0.381 e. The Hall–Kier alpha value is -2.33. The SMILES string of the molecule is OC1(c2ccc3cccccc2-3)CSCC1(O)c1ccc2cccccc1-2. The van der Waals surface area contributed by atoms with Crippen LogP contribution in [0.25, 0.3) is 22.3 Å². The molecular formula is C24H20O2S. The summed E-state index contributed by atoms with van der Waals surface area (Å²) < 4.78 is 0. The Morgan fingerprint density at radius 3 is 1.48 bits per heavy atom. The summed E-state index contributed by atoms with van der Waals surface area (Å²) in [6, 6.07) is 28.0. The van der Waals surface area contributed by atoms with Crippen molar-refractivity contribution in [2.24, 2.45) is 0 Å². The zero-order chi connectivity index (χ0) is 18.5. The monoisotopic (exact) mass is 372 g/mol. The molecule has 1 heterocycles. The Bertz CT molecular complexity index is 977. The van der Waals surface area contributed by atoms with Crippen LogP contribution >= 0.6 is 11.8 Å². The molecule has 3 heteroatoms. The lowest BCUT2D eigenvalue weighted by Gasteiger charge is -2.38. The lowest BCUT2D eigenvalue weighted by molar-refractivity contribution is -0.128. The van der Waals surface area contributed by atoms with Crippen LogP contribution in [-0.4, -0.2) is 21.7 Å². The Morgan fingerprint density at radius 2 is 1.00 bits per heavy atom. The van der Waals surface area contributed by atoms with Gasteiger partial charge in [-0.2, -0.15) is 11.8 Å². The average molecular weight is 372 g/mol. The molecule has 1 saturated heterocycles. The van der Waals surface area contributed by atoms with E-state index in [1.165, 1.54) is 0 Å². The van der Waals surface area contributed by atoms with Crippen molar-refractivity contribution in [3.8, 4) is 22.3 Å². The van der Waals surface area contributed by atoms with Crippen LogP contribution < -0.4 is 0 Å². The van der Waals surface area contributed by atoms with Gasteiger partial charge in [0.25, 0.3) is 0 Å². The first-order valence-corrected chi connectivity index (χ1v) is 10.3. The van der Waals surface area contributed by atoms with Crippen molar-refractivity contribution < 1.29 is 10.2 Å². The summed E-state index contributed by atoms with van der Waals surface area (Å²) in [6.45, 7) is 0. The van der Waals surface area contributed by atoms with Gasteiger partial charge in [0.05, 0.1) is 0 Å². The fourth-order valence-electron chi connectivity index (χ4n) is 4.34. The minimum Gasteiger partial charge on any atom is -0.381 e. The highest BCUT2D eigenvalue weighted by Gasteiger charge is 2.57. The number of rotatable bonds is 2. The fourth-order valence-corrected chi connectivity index (χ4v) is 5.82. The van der Waals surface area contributed by atoms with Gasteiger partial charge in [0, 0.05) is 11.5 Å². The first kappa shape index (κ1) is 16.8. The van der Waals surface area contributed by atoms with Crippen LogP contribution in [0.4, 0.5) is 0 Å². The maximum atomic E-state index is 11.9. The Kier molecular flexibility index (Phi) is 3.80. The molecule has 27 heavy (non-hydrogen) atoms. The van der Waals surface area contributed by atoms with Crippen LogP contribution in [0.2, 0.25) is 0 Å². The van der Waals surface area contributed by atoms with Gasteiger partial charge in [0.1, 0.15) is 11.2 Å². The summed E-state index contributed by atoms with van der Waals surface area (Å²) in [5.41, 5.74) is 3.04. The summed E-state index contributed by atoms with van der Waals surface area (Å²) in [7, 11) is 0. The van der Waals surface area contributed by atoms with E-state index >= 15 is 0 Å². The normalized spacial score (nSPS) is 25.3. The molecule has 0 radical (unpaired) electrons. The maximum Gasteiger partial charge on any atom is 0.133 e. The number of thioether (sulfide) groups is 1. The van der Waals surface area contributed by atoms with E-state index in [2.05, 4.69) is 0 Å². The first-order valence-electron chi connectivity index (χ1n) is 9.12. The van der Waals surface area contributed by atoms with Crippen molar-refractivity contribution >= 4 is 11.8 Å². The van der Waals surface area contributed by atoms with E-state index in [-0.39, 0.29) is 0 Å². The van der Waals surface area contributed by atoms with Crippen molar-refractivity contribution in [2.75, 3.05) is 11.5 Å². The van der Waals surface area contributed by atoms with E-state index in [4.69, 9.17) is 0 Å². The summed E-state index contributed by atoms with van der Waals surface area (Å²) in [6.07, 6.45) is 0. The molecule has 2 unspecified atom stereocenters. The summed E-state index contributed by atoms with van der Waals surface area (Å²) in [4.78, 5) is 0. The number of hydrogen-bond acceptors (Lipinski definition) is 3. The molecule has 0 amide bonds. The molecular weight excluding hydrogens is 352 g/mol. The van der Waals surface area contributed by atoms with Crippen LogP contribution in [-0.2, 0) is 11.2 Å². The molecule has 5 rings (SSSR count). The third-order valence-electron chi connectivity index (χ3n) is 5.78. The van der Waals surface area contributed by atoms with Crippen LogP contribution in [0.3, 0.4) is 0 Å². The molecule has 5 aliphatic rings. The highest BCUT2D eigenvalue weighted by atomic mass is 32.2. The van der Waals surface area contributed by atoms with Gasteiger partial charge in [-0.05, 0) is 33.4 Å². The molecule has 0 saturated carbocycles. The van der Waals surface area contributed by atoms with Gasteiger partial charge in [0.2, 0.25) is 0 Å². The van der Waals surface area contributed by atoms with Crippen LogP contribution in [0.5, 0.6) is 0 Å². The molecule has 0 aromatic carbocycles. The standard InChI is InChI=1S/C24H20O2S/c25-23(21-13-11-17-7-3-1-5-9-19(17)21)15-27-16-24(23,26)22-14-12-18-8-4-2-6-10-20(18)22/h1-14,25-26H,15-16H2. The highest BCUT2D eigenvalue weighted by Crippen LogP contribution is 2.55. The number of aliphatic hydroxyl groups is 2. The molecule has 2 nitrogen and oxygen atoms in total. The van der Waals surface area contributed by atoms with Crippen molar-refractivity contribution in [2.45, 2.75) is 11.2 Å². The molecule has 134 valence electrons. The van der Waals surface area contributed by atoms with Crippen molar-refractivity contribution in [1.82, 2.24) is 0 Å². The van der Waals surface area contributed by atoms with Crippen LogP contribution in [0.15, 0.2) is 84.9 Å². The Balaban J connectivity index is 1.71. The lowest BCUT2D eigenvalue weighted by atomic mass is 9.74. The van der Waals surface area contributed by atoms with E-state index in [0.717, 1.165) is 33.4 Å². The second kappa shape index (κ2) is 6.10. The summed E-state index contributed by atoms with van der Waals surface area (Å²) >= 11 is 1.60. The summed E-state index contributed by atoms with van der Waals surface area (Å²) in [5, 5.41) is 23.7. The molecule has 2 atom stereocenters. The van der Waals surface area contributed by atoms with Gasteiger partial charge in [-0.3, -0.25) is 0 Å². The molecule has 4 aliphatic carbocycles. The highest BCUT2D eigenvalue weighted by molar-refractivity contribution is 7.99. The third kappa shape index (κ3) is 2.36.